The number of aromatic nitrogens is 2. The minimum atomic E-state index is -0.377. The van der Waals surface area contributed by atoms with E-state index < -0.39 is 0 Å². The molecule has 2 aromatic carbocycles. The van der Waals surface area contributed by atoms with Crippen molar-refractivity contribution in [3.63, 3.8) is 0 Å². The molecule has 0 amide bonds. The number of carbonyl (C=O) groups excluding carboxylic acids is 1. The third-order valence-corrected chi connectivity index (χ3v) is 4.21. The second-order valence-electron chi connectivity index (χ2n) is 5.96. The molecule has 0 spiro atoms. The highest BCUT2D eigenvalue weighted by Crippen LogP contribution is 2.29. The van der Waals surface area contributed by atoms with Crippen molar-refractivity contribution < 1.29 is 14.3 Å². The molecule has 0 aliphatic rings. The lowest BCUT2D eigenvalue weighted by Crippen LogP contribution is -2.18. The summed E-state index contributed by atoms with van der Waals surface area (Å²) in [5.74, 6) is 1.06. The number of rotatable bonds is 8. The van der Waals surface area contributed by atoms with E-state index in [0.29, 0.717) is 34.8 Å². The van der Waals surface area contributed by atoms with Crippen LogP contribution in [0.5, 0.6) is 5.75 Å². The fourth-order valence-corrected chi connectivity index (χ4v) is 2.86. The van der Waals surface area contributed by atoms with Crippen LogP contribution in [0.15, 0.2) is 54.6 Å². The van der Waals surface area contributed by atoms with Crippen LogP contribution in [0.1, 0.15) is 6.92 Å². The minimum absolute atomic E-state index is 0.0279. The van der Waals surface area contributed by atoms with Gasteiger partial charge in [0.25, 0.3) is 0 Å². The van der Waals surface area contributed by atoms with Crippen molar-refractivity contribution in [2.45, 2.75) is 6.92 Å². The number of halogens is 1. The van der Waals surface area contributed by atoms with E-state index in [9.17, 15) is 4.79 Å². The fraction of sp³-hybridized carbons (Fsp3) is 0.190. The van der Waals surface area contributed by atoms with Crippen molar-refractivity contribution >= 4 is 35.0 Å². The largest absolute Gasteiger partial charge is 0.495 e. The molecule has 29 heavy (non-hydrogen) atoms. The standard InChI is InChI=1S/C21H21ClN4O3/c1-3-29-20(27)13-23-21-25-17(14-7-5-4-6-8-14)12-19(26-21)24-15-9-10-18(28-2)16(22)11-15/h4-12H,3,13H2,1-2H3,(H2,23,24,25,26). The van der Waals surface area contributed by atoms with Crippen molar-refractivity contribution in [1.29, 1.82) is 0 Å². The molecule has 0 fully saturated rings. The molecule has 0 aliphatic carbocycles. The van der Waals surface area contributed by atoms with Gasteiger partial charge in [0.05, 0.1) is 24.4 Å². The van der Waals surface area contributed by atoms with Crippen LogP contribution in [0, 0.1) is 0 Å². The Morgan fingerprint density at radius 2 is 1.90 bits per heavy atom. The average Bonchev–Trinajstić information content (AvgIpc) is 2.73. The molecule has 3 aromatic rings. The number of hydrogen-bond donors (Lipinski definition) is 2. The minimum Gasteiger partial charge on any atom is -0.495 e. The van der Waals surface area contributed by atoms with Gasteiger partial charge in [-0.2, -0.15) is 4.98 Å². The molecule has 2 N–H and O–H groups in total. The summed E-state index contributed by atoms with van der Waals surface area (Å²) in [6, 6.07) is 16.9. The Labute approximate surface area is 174 Å². The zero-order valence-electron chi connectivity index (χ0n) is 16.1. The Morgan fingerprint density at radius 1 is 1.10 bits per heavy atom. The summed E-state index contributed by atoms with van der Waals surface area (Å²) < 4.78 is 10.1. The van der Waals surface area contributed by atoms with Crippen LogP contribution in [0.25, 0.3) is 11.3 Å². The van der Waals surface area contributed by atoms with Crippen LogP contribution in [0.2, 0.25) is 5.02 Å². The Morgan fingerprint density at radius 3 is 2.59 bits per heavy atom. The van der Waals surface area contributed by atoms with Gasteiger partial charge >= 0.3 is 5.97 Å². The predicted octanol–water partition coefficient (Wildman–Crippen LogP) is 4.52. The molecule has 0 aliphatic heterocycles. The number of carbonyl (C=O) groups is 1. The maximum atomic E-state index is 11.7. The summed E-state index contributed by atoms with van der Waals surface area (Å²) in [5, 5.41) is 6.61. The van der Waals surface area contributed by atoms with Gasteiger partial charge < -0.3 is 20.1 Å². The molecular formula is C21H21ClN4O3. The third-order valence-electron chi connectivity index (χ3n) is 3.92. The molecule has 0 unspecified atom stereocenters. The Hall–Kier alpha value is -3.32. The van der Waals surface area contributed by atoms with Crippen molar-refractivity contribution in [1.82, 2.24) is 9.97 Å². The molecule has 7 nitrogen and oxygen atoms in total. The predicted molar refractivity (Wildman–Crippen MR) is 114 cm³/mol. The van der Waals surface area contributed by atoms with Crippen molar-refractivity contribution in [2.75, 3.05) is 30.9 Å². The molecule has 1 heterocycles. The molecule has 8 heteroatoms. The van der Waals surface area contributed by atoms with E-state index in [1.54, 1.807) is 26.2 Å². The Kier molecular flexibility index (Phi) is 6.86. The average molecular weight is 413 g/mol. The summed E-state index contributed by atoms with van der Waals surface area (Å²) >= 11 is 6.21. The SMILES string of the molecule is CCOC(=O)CNc1nc(Nc2ccc(OC)c(Cl)c2)cc(-c2ccccc2)n1. The van der Waals surface area contributed by atoms with E-state index in [1.807, 2.05) is 42.5 Å². The van der Waals surface area contributed by atoms with E-state index >= 15 is 0 Å². The van der Waals surface area contributed by atoms with Crippen LogP contribution >= 0.6 is 11.6 Å². The van der Waals surface area contributed by atoms with Gasteiger partial charge in [-0.15, -0.1) is 0 Å². The fourth-order valence-electron chi connectivity index (χ4n) is 2.60. The first-order valence-electron chi connectivity index (χ1n) is 9.03. The van der Waals surface area contributed by atoms with Gasteiger partial charge in [-0.05, 0) is 25.1 Å². The monoisotopic (exact) mass is 412 g/mol. The number of ether oxygens (including phenoxy) is 2. The van der Waals surface area contributed by atoms with E-state index in [0.717, 1.165) is 11.3 Å². The first kappa shape index (κ1) is 20.4. The Balaban J connectivity index is 1.89. The molecule has 0 saturated heterocycles. The van der Waals surface area contributed by atoms with Gasteiger partial charge in [0.2, 0.25) is 5.95 Å². The first-order valence-corrected chi connectivity index (χ1v) is 9.41. The Bertz CT molecular complexity index is 983. The van der Waals surface area contributed by atoms with Crippen molar-refractivity contribution in [3.05, 3.63) is 59.6 Å². The van der Waals surface area contributed by atoms with Crippen molar-refractivity contribution in [2.24, 2.45) is 0 Å². The zero-order valence-corrected chi connectivity index (χ0v) is 16.9. The van der Waals surface area contributed by atoms with Crippen LogP contribution in [-0.2, 0) is 9.53 Å². The summed E-state index contributed by atoms with van der Waals surface area (Å²) in [5.41, 5.74) is 2.36. The van der Waals surface area contributed by atoms with Gasteiger partial charge in [-0.1, -0.05) is 41.9 Å². The van der Waals surface area contributed by atoms with E-state index in [-0.39, 0.29) is 12.5 Å². The number of nitrogens with zero attached hydrogens (tertiary/aromatic N) is 2. The lowest BCUT2D eigenvalue weighted by atomic mass is 10.1. The quantitative estimate of drug-likeness (QED) is 0.526. The van der Waals surface area contributed by atoms with E-state index in [4.69, 9.17) is 21.1 Å². The normalized spacial score (nSPS) is 10.3. The number of nitrogens with one attached hydrogen (secondary N) is 2. The highest BCUT2D eigenvalue weighted by Gasteiger charge is 2.10. The molecule has 0 saturated carbocycles. The smallest absolute Gasteiger partial charge is 0.325 e. The second-order valence-corrected chi connectivity index (χ2v) is 6.37. The topological polar surface area (TPSA) is 85.4 Å². The first-order chi connectivity index (χ1) is 14.1. The molecular weight excluding hydrogens is 392 g/mol. The molecule has 0 radical (unpaired) electrons. The maximum absolute atomic E-state index is 11.7. The second kappa shape index (κ2) is 9.75. The van der Waals surface area contributed by atoms with Crippen LogP contribution in [0.3, 0.4) is 0 Å². The van der Waals surface area contributed by atoms with Crippen LogP contribution in [-0.4, -0.2) is 36.2 Å². The maximum Gasteiger partial charge on any atom is 0.325 e. The lowest BCUT2D eigenvalue weighted by Gasteiger charge is -2.12. The molecule has 3 rings (SSSR count). The highest BCUT2D eigenvalue weighted by atomic mass is 35.5. The summed E-state index contributed by atoms with van der Waals surface area (Å²) in [4.78, 5) is 20.6. The lowest BCUT2D eigenvalue weighted by molar-refractivity contribution is -0.140. The highest BCUT2D eigenvalue weighted by molar-refractivity contribution is 6.32. The summed E-state index contributed by atoms with van der Waals surface area (Å²) in [6.45, 7) is 2.04. The van der Waals surface area contributed by atoms with Crippen LogP contribution in [0.4, 0.5) is 17.5 Å². The molecule has 150 valence electrons. The zero-order chi connectivity index (χ0) is 20.6. The van der Waals surface area contributed by atoms with E-state index in [1.165, 1.54) is 0 Å². The van der Waals surface area contributed by atoms with E-state index in [2.05, 4.69) is 20.6 Å². The summed E-state index contributed by atoms with van der Waals surface area (Å²) in [7, 11) is 1.56. The number of hydrogen-bond acceptors (Lipinski definition) is 7. The van der Waals surface area contributed by atoms with Gasteiger partial charge in [0.1, 0.15) is 18.1 Å². The molecule has 0 atom stereocenters. The number of esters is 1. The van der Waals surface area contributed by atoms with Gasteiger partial charge in [0, 0.05) is 17.3 Å². The number of benzene rings is 2. The van der Waals surface area contributed by atoms with Gasteiger partial charge in [-0.3, -0.25) is 4.79 Å². The molecule has 0 bridgehead atoms. The number of anilines is 3. The molecule has 1 aromatic heterocycles. The van der Waals surface area contributed by atoms with Crippen LogP contribution < -0.4 is 15.4 Å². The third kappa shape index (κ3) is 5.58. The van der Waals surface area contributed by atoms with Gasteiger partial charge in [-0.25, -0.2) is 4.98 Å². The number of methoxy groups -OCH3 is 1. The van der Waals surface area contributed by atoms with Gasteiger partial charge in [0.15, 0.2) is 0 Å². The van der Waals surface area contributed by atoms with Crippen molar-refractivity contribution in [3.8, 4) is 17.0 Å². The summed E-state index contributed by atoms with van der Waals surface area (Å²) in [6.07, 6.45) is 0.